The number of aromatic nitrogens is 1. The van der Waals surface area contributed by atoms with Crippen LogP contribution in [0.25, 0.3) is 82.4 Å². The molecular formula is C44H27NS. The van der Waals surface area contributed by atoms with Crippen LogP contribution >= 0.6 is 11.8 Å². The lowest BCUT2D eigenvalue weighted by Crippen LogP contribution is -1.94. The first-order valence-corrected chi connectivity index (χ1v) is 16.6. The number of nitrogens with zero attached hydrogens (tertiary/aromatic N) is 1. The molecule has 46 heavy (non-hydrogen) atoms. The van der Waals surface area contributed by atoms with Gasteiger partial charge in [0.05, 0.1) is 11.0 Å². The fraction of sp³-hybridized carbons (Fsp3) is 0. The Labute approximate surface area is 271 Å². The molecule has 2 heteroatoms. The van der Waals surface area contributed by atoms with E-state index in [1.54, 1.807) is 0 Å². The maximum atomic E-state index is 2.42. The summed E-state index contributed by atoms with van der Waals surface area (Å²) in [5.41, 5.74) is 11.2. The third-order valence-electron chi connectivity index (χ3n) is 9.55. The van der Waals surface area contributed by atoms with E-state index in [2.05, 4.69) is 168 Å². The SMILES string of the molecule is c1ccc(-n2c3ccccc3c3ccc4cc(-c5cccc(-c6ccc7c(c6)-c6cccc8cccc(c68)S7)c5)ccc4c32)cc1. The van der Waals surface area contributed by atoms with Crippen LogP contribution in [-0.4, -0.2) is 4.57 Å². The van der Waals surface area contributed by atoms with Gasteiger partial charge in [0.15, 0.2) is 0 Å². The number of para-hydroxylation sites is 2. The first-order chi connectivity index (χ1) is 22.8. The van der Waals surface area contributed by atoms with Crippen molar-refractivity contribution in [1.29, 1.82) is 0 Å². The molecule has 0 N–H and O–H groups in total. The Bertz CT molecular complexity index is 2660. The Morgan fingerprint density at radius 1 is 0.391 bits per heavy atom. The van der Waals surface area contributed by atoms with Crippen molar-refractivity contribution < 1.29 is 0 Å². The highest BCUT2D eigenvalue weighted by molar-refractivity contribution is 7.99. The van der Waals surface area contributed by atoms with Crippen molar-refractivity contribution >= 4 is 55.1 Å². The van der Waals surface area contributed by atoms with E-state index in [9.17, 15) is 0 Å². The van der Waals surface area contributed by atoms with E-state index in [0.29, 0.717) is 0 Å². The maximum Gasteiger partial charge on any atom is 0.0619 e. The molecule has 0 saturated heterocycles. The molecule has 0 atom stereocenters. The molecule has 0 amide bonds. The van der Waals surface area contributed by atoms with Gasteiger partial charge in [0, 0.05) is 37.0 Å². The van der Waals surface area contributed by atoms with E-state index < -0.39 is 0 Å². The molecule has 1 aromatic heterocycles. The predicted molar refractivity (Wildman–Crippen MR) is 196 cm³/mol. The average Bonchev–Trinajstić information content (AvgIpc) is 3.47. The standard InChI is InChI=1S/C44H27NS/c1-2-13-34(14-3-1)45-40-17-5-4-15-36(40)38-23-20-33-26-31(19-22-35(33)44(38)45)29-11-6-12-30(25-29)32-21-24-41-39(27-32)37-16-7-9-28-10-8-18-42(46-41)43(28)37/h1-27H. The van der Waals surface area contributed by atoms with Gasteiger partial charge in [-0.2, -0.15) is 0 Å². The molecule has 0 fully saturated rings. The molecule has 10 rings (SSSR count). The monoisotopic (exact) mass is 601 g/mol. The van der Waals surface area contributed by atoms with Crippen molar-refractivity contribution in [1.82, 2.24) is 4.57 Å². The summed E-state index contributed by atoms with van der Waals surface area (Å²) >= 11 is 1.88. The minimum Gasteiger partial charge on any atom is -0.309 e. The molecule has 1 aliphatic heterocycles. The van der Waals surface area contributed by atoms with Crippen molar-refractivity contribution in [3.63, 3.8) is 0 Å². The molecule has 0 aliphatic carbocycles. The summed E-state index contributed by atoms with van der Waals surface area (Å²) < 4.78 is 2.42. The van der Waals surface area contributed by atoms with E-state index in [1.165, 1.54) is 92.2 Å². The zero-order valence-corrected chi connectivity index (χ0v) is 25.8. The largest absolute Gasteiger partial charge is 0.309 e. The quantitative estimate of drug-likeness (QED) is 0.195. The summed E-state index contributed by atoms with van der Waals surface area (Å²) in [7, 11) is 0. The van der Waals surface area contributed by atoms with Gasteiger partial charge in [-0.15, -0.1) is 0 Å². The summed E-state index contributed by atoms with van der Waals surface area (Å²) in [6.07, 6.45) is 0. The second kappa shape index (κ2) is 9.97. The summed E-state index contributed by atoms with van der Waals surface area (Å²) in [4.78, 5) is 2.66. The van der Waals surface area contributed by atoms with Crippen LogP contribution in [0.15, 0.2) is 174 Å². The lowest BCUT2D eigenvalue weighted by Gasteiger charge is -2.21. The van der Waals surface area contributed by atoms with E-state index in [1.807, 2.05) is 11.8 Å². The van der Waals surface area contributed by atoms with Gasteiger partial charge in [0.1, 0.15) is 0 Å². The van der Waals surface area contributed by atoms with Gasteiger partial charge >= 0.3 is 0 Å². The highest BCUT2D eigenvalue weighted by Gasteiger charge is 2.20. The van der Waals surface area contributed by atoms with Gasteiger partial charge < -0.3 is 4.57 Å². The van der Waals surface area contributed by atoms with Crippen LogP contribution < -0.4 is 0 Å². The highest BCUT2D eigenvalue weighted by atomic mass is 32.2. The third-order valence-corrected chi connectivity index (χ3v) is 10.7. The zero-order valence-electron chi connectivity index (χ0n) is 24.9. The number of rotatable bonds is 3. The second-order valence-electron chi connectivity index (χ2n) is 12.1. The van der Waals surface area contributed by atoms with Gasteiger partial charge in [-0.1, -0.05) is 127 Å². The Balaban J connectivity index is 1.10. The van der Waals surface area contributed by atoms with Gasteiger partial charge in [-0.3, -0.25) is 0 Å². The molecule has 0 radical (unpaired) electrons. The van der Waals surface area contributed by atoms with Crippen molar-refractivity contribution in [2.75, 3.05) is 0 Å². The number of hydrogen-bond donors (Lipinski definition) is 0. The Morgan fingerprint density at radius 2 is 1.11 bits per heavy atom. The molecular weight excluding hydrogens is 575 g/mol. The normalized spacial score (nSPS) is 12.3. The minimum atomic E-state index is 1.18. The second-order valence-corrected chi connectivity index (χ2v) is 13.2. The highest BCUT2D eigenvalue weighted by Crippen LogP contribution is 2.49. The van der Waals surface area contributed by atoms with Gasteiger partial charge in [0.2, 0.25) is 0 Å². The molecule has 0 bridgehead atoms. The average molecular weight is 602 g/mol. The van der Waals surface area contributed by atoms with Crippen molar-refractivity contribution in [3.8, 4) is 39.1 Å². The molecule has 0 spiro atoms. The molecule has 0 unspecified atom stereocenters. The lowest BCUT2D eigenvalue weighted by molar-refractivity contribution is 1.19. The number of hydrogen-bond acceptors (Lipinski definition) is 1. The maximum absolute atomic E-state index is 2.42. The smallest absolute Gasteiger partial charge is 0.0619 e. The van der Waals surface area contributed by atoms with Crippen molar-refractivity contribution in [2.45, 2.75) is 9.79 Å². The Morgan fingerprint density at radius 3 is 2.00 bits per heavy atom. The first-order valence-electron chi connectivity index (χ1n) is 15.8. The van der Waals surface area contributed by atoms with E-state index in [0.717, 1.165) is 0 Å². The molecule has 2 heterocycles. The summed E-state index contributed by atoms with van der Waals surface area (Å²) in [5, 5.41) is 7.74. The molecule has 1 aliphatic rings. The summed E-state index contributed by atoms with van der Waals surface area (Å²) in [5.74, 6) is 0. The van der Waals surface area contributed by atoms with Crippen LogP contribution in [-0.2, 0) is 0 Å². The molecule has 1 nitrogen and oxygen atoms in total. The van der Waals surface area contributed by atoms with Gasteiger partial charge in [-0.05, 0) is 92.7 Å². The number of fused-ring (bicyclic) bond motifs is 7. The van der Waals surface area contributed by atoms with Crippen molar-refractivity contribution in [2.24, 2.45) is 0 Å². The van der Waals surface area contributed by atoms with Crippen LogP contribution in [0.4, 0.5) is 0 Å². The topological polar surface area (TPSA) is 4.93 Å². The fourth-order valence-electron chi connectivity index (χ4n) is 7.44. The van der Waals surface area contributed by atoms with Crippen molar-refractivity contribution in [3.05, 3.63) is 164 Å². The van der Waals surface area contributed by atoms with E-state index in [4.69, 9.17) is 0 Å². The fourth-order valence-corrected chi connectivity index (χ4v) is 8.56. The predicted octanol–water partition coefficient (Wildman–Crippen LogP) is 12.6. The minimum absolute atomic E-state index is 1.18. The van der Waals surface area contributed by atoms with Crippen LogP contribution in [0, 0.1) is 0 Å². The van der Waals surface area contributed by atoms with E-state index >= 15 is 0 Å². The molecule has 214 valence electrons. The Kier molecular flexibility index (Phi) is 5.58. The first kappa shape index (κ1) is 25.7. The molecule has 0 saturated carbocycles. The third kappa shape index (κ3) is 3.84. The zero-order chi connectivity index (χ0) is 30.2. The van der Waals surface area contributed by atoms with Crippen LogP contribution in [0.5, 0.6) is 0 Å². The summed E-state index contributed by atoms with van der Waals surface area (Å²) in [6, 6.07) is 60.2. The van der Waals surface area contributed by atoms with Crippen LogP contribution in [0.3, 0.4) is 0 Å². The molecule has 8 aromatic carbocycles. The van der Waals surface area contributed by atoms with E-state index in [-0.39, 0.29) is 0 Å². The number of benzene rings is 8. The Hall–Kier alpha value is -5.57. The summed E-state index contributed by atoms with van der Waals surface area (Å²) in [6.45, 7) is 0. The van der Waals surface area contributed by atoms with Gasteiger partial charge in [-0.25, -0.2) is 0 Å². The van der Waals surface area contributed by atoms with Crippen LogP contribution in [0.1, 0.15) is 0 Å². The van der Waals surface area contributed by atoms with Gasteiger partial charge in [0.25, 0.3) is 0 Å². The van der Waals surface area contributed by atoms with Crippen LogP contribution in [0.2, 0.25) is 0 Å². The lowest BCUT2D eigenvalue weighted by atomic mass is 9.93. The molecule has 9 aromatic rings.